The monoisotopic (exact) mass is 358 g/mol. The van der Waals surface area contributed by atoms with Crippen LogP contribution in [0.5, 0.6) is 0 Å². The van der Waals surface area contributed by atoms with E-state index in [1.807, 2.05) is 6.07 Å². The third kappa shape index (κ3) is 2.73. The standard InChI is InChI=1S/C18H19ClN4O2/c19-11-2-1-3-12(8-11)22-7-6-14(18(22)25)17(24)21-15-9-13-4-5-16(15)23(13)10-20/h1-3,8,13-16H,4-7,9H2,(H,21,24)/t13?,14-,15?,16?/m1/s1. The number of amides is 2. The number of nitrogens with one attached hydrogen (secondary N) is 1. The molecule has 130 valence electrons. The Hall–Kier alpha value is -2.26. The van der Waals surface area contributed by atoms with E-state index in [1.165, 1.54) is 0 Å². The van der Waals surface area contributed by atoms with Gasteiger partial charge in [0.1, 0.15) is 5.92 Å². The first-order valence-electron chi connectivity index (χ1n) is 8.64. The van der Waals surface area contributed by atoms with Crippen LogP contribution in [0, 0.1) is 17.4 Å². The summed E-state index contributed by atoms with van der Waals surface area (Å²) in [6.45, 7) is 0.512. The minimum Gasteiger partial charge on any atom is -0.350 e. The fourth-order valence-electron chi connectivity index (χ4n) is 4.41. The molecule has 7 heteroatoms. The number of hydrogen-bond acceptors (Lipinski definition) is 4. The molecule has 3 saturated heterocycles. The average molecular weight is 359 g/mol. The van der Waals surface area contributed by atoms with Crippen LogP contribution in [0.4, 0.5) is 5.69 Å². The normalized spacial score (nSPS) is 30.6. The summed E-state index contributed by atoms with van der Waals surface area (Å²) in [7, 11) is 0. The maximum absolute atomic E-state index is 12.7. The van der Waals surface area contributed by atoms with E-state index >= 15 is 0 Å². The van der Waals surface area contributed by atoms with Gasteiger partial charge in [-0.25, -0.2) is 0 Å². The highest BCUT2D eigenvalue weighted by Gasteiger charge is 2.48. The van der Waals surface area contributed by atoms with Crippen molar-refractivity contribution in [1.29, 1.82) is 5.26 Å². The Morgan fingerprint density at radius 2 is 2.16 bits per heavy atom. The van der Waals surface area contributed by atoms with Gasteiger partial charge >= 0.3 is 0 Å². The van der Waals surface area contributed by atoms with Crippen molar-refractivity contribution >= 4 is 29.1 Å². The van der Waals surface area contributed by atoms with E-state index in [0.717, 1.165) is 24.9 Å². The summed E-state index contributed by atoms with van der Waals surface area (Å²) >= 11 is 6.00. The van der Waals surface area contributed by atoms with Gasteiger partial charge in [0.05, 0.1) is 12.1 Å². The largest absolute Gasteiger partial charge is 0.350 e. The predicted octanol–water partition coefficient (Wildman–Crippen LogP) is 1.90. The molecule has 3 unspecified atom stereocenters. The molecule has 1 aromatic rings. The summed E-state index contributed by atoms with van der Waals surface area (Å²) in [5.74, 6) is -1.06. The maximum Gasteiger partial charge on any atom is 0.239 e. The molecule has 2 amide bonds. The molecular weight excluding hydrogens is 340 g/mol. The zero-order chi connectivity index (χ0) is 17.6. The van der Waals surface area contributed by atoms with Gasteiger partial charge in [-0.15, -0.1) is 0 Å². The van der Waals surface area contributed by atoms with Crippen LogP contribution < -0.4 is 10.2 Å². The third-order valence-electron chi connectivity index (χ3n) is 5.62. The molecular formula is C18H19ClN4O2. The number of anilines is 1. The lowest BCUT2D eigenvalue weighted by molar-refractivity contribution is -0.132. The fraction of sp³-hybridized carbons (Fsp3) is 0.500. The van der Waals surface area contributed by atoms with Crippen molar-refractivity contribution in [1.82, 2.24) is 10.2 Å². The minimum atomic E-state index is -0.659. The maximum atomic E-state index is 12.7. The topological polar surface area (TPSA) is 76.4 Å². The van der Waals surface area contributed by atoms with Gasteiger partial charge in [-0.2, -0.15) is 5.26 Å². The van der Waals surface area contributed by atoms with Gasteiger partial charge < -0.3 is 15.1 Å². The van der Waals surface area contributed by atoms with Crippen LogP contribution in [0.3, 0.4) is 0 Å². The second-order valence-corrected chi connectivity index (χ2v) is 7.40. The lowest BCUT2D eigenvalue weighted by Crippen LogP contribution is -2.47. The quantitative estimate of drug-likeness (QED) is 0.661. The zero-order valence-corrected chi connectivity index (χ0v) is 14.4. The van der Waals surface area contributed by atoms with Crippen LogP contribution in [0.1, 0.15) is 25.7 Å². The number of nitriles is 1. The third-order valence-corrected chi connectivity index (χ3v) is 5.86. The first kappa shape index (κ1) is 16.2. The molecule has 2 bridgehead atoms. The van der Waals surface area contributed by atoms with Crippen LogP contribution in [0.25, 0.3) is 0 Å². The van der Waals surface area contributed by atoms with Gasteiger partial charge in [0.25, 0.3) is 0 Å². The molecule has 3 aliphatic heterocycles. The SMILES string of the molecule is N#CN1C2CCC1C(NC(=O)[C@H]1CCN(c3cccc(Cl)c3)C1=O)C2. The summed E-state index contributed by atoms with van der Waals surface area (Å²) < 4.78 is 0. The van der Waals surface area contributed by atoms with E-state index in [9.17, 15) is 14.9 Å². The molecule has 0 saturated carbocycles. The zero-order valence-electron chi connectivity index (χ0n) is 13.7. The number of hydrogen-bond donors (Lipinski definition) is 1. The van der Waals surface area contributed by atoms with Crippen molar-refractivity contribution in [3.05, 3.63) is 29.3 Å². The molecule has 0 aromatic heterocycles. The van der Waals surface area contributed by atoms with Gasteiger partial charge in [-0.1, -0.05) is 17.7 Å². The number of carbonyl (C=O) groups is 2. The number of halogens is 1. The Balaban J connectivity index is 1.42. The predicted molar refractivity (Wildman–Crippen MR) is 92.7 cm³/mol. The van der Waals surface area contributed by atoms with Crippen LogP contribution in [0.2, 0.25) is 5.02 Å². The van der Waals surface area contributed by atoms with Gasteiger partial charge in [-0.3, -0.25) is 9.59 Å². The molecule has 4 rings (SSSR count). The van der Waals surface area contributed by atoms with Gasteiger partial charge in [0.2, 0.25) is 11.8 Å². The van der Waals surface area contributed by atoms with Crippen molar-refractivity contribution in [2.24, 2.45) is 5.92 Å². The van der Waals surface area contributed by atoms with E-state index in [4.69, 9.17) is 11.6 Å². The first-order valence-corrected chi connectivity index (χ1v) is 9.01. The Bertz CT molecular complexity index is 762. The van der Waals surface area contributed by atoms with Crippen LogP contribution in [0.15, 0.2) is 24.3 Å². The molecule has 3 heterocycles. The van der Waals surface area contributed by atoms with E-state index < -0.39 is 5.92 Å². The number of carbonyl (C=O) groups excluding carboxylic acids is 2. The molecule has 4 atom stereocenters. The fourth-order valence-corrected chi connectivity index (χ4v) is 4.59. The molecule has 25 heavy (non-hydrogen) atoms. The molecule has 3 aliphatic rings. The van der Waals surface area contributed by atoms with E-state index in [0.29, 0.717) is 18.0 Å². The highest BCUT2D eigenvalue weighted by Crippen LogP contribution is 2.37. The van der Waals surface area contributed by atoms with Gasteiger partial charge in [0, 0.05) is 23.3 Å². The number of benzene rings is 1. The summed E-state index contributed by atoms with van der Waals surface area (Å²) in [6, 6.07) is 7.40. The molecule has 0 aliphatic carbocycles. The summed E-state index contributed by atoms with van der Waals surface area (Å²) in [5.41, 5.74) is 0.725. The smallest absolute Gasteiger partial charge is 0.239 e. The average Bonchev–Trinajstić information content (AvgIpc) is 3.26. The summed E-state index contributed by atoms with van der Waals surface area (Å²) in [6.07, 6.45) is 5.47. The second-order valence-electron chi connectivity index (χ2n) is 6.97. The molecule has 6 nitrogen and oxygen atoms in total. The van der Waals surface area contributed by atoms with Crippen LogP contribution in [-0.4, -0.2) is 41.4 Å². The van der Waals surface area contributed by atoms with Crippen molar-refractivity contribution in [2.75, 3.05) is 11.4 Å². The summed E-state index contributed by atoms with van der Waals surface area (Å²) in [5, 5.41) is 12.8. The highest BCUT2D eigenvalue weighted by molar-refractivity contribution is 6.31. The molecule has 3 fully saturated rings. The van der Waals surface area contributed by atoms with Crippen molar-refractivity contribution in [3.63, 3.8) is 0 Å². The number of nitrogens with zero attached hydrogens (tertiary/aromatic N) is 3. The van der Waals surface area contributed by atoms with Gasteiger partial charge in [0.15, 0.2) is 6.19 Å². The Kier molecular flexibility index (Phi) is 4.04. The first-order chi connectivity index (χ1) is 12.1. The van der Waals surface area contributed by atoms with Gasteiger partial charge in [-0.05, 0) is 43.9 Å². The lowest BCUT2D eigenvalue weighted by Gasteiger charge is -2.23. The van der Waals surface area contributed by atoms with Crippen LogP contribution >= 0.6 is 11.6 Å². The van der Waals surface area contributed by atoms with Crippen molar-refractivity contribution < 1.29 is 9.59 Å². The van der Waals surface area contributed by atoms with E-state index in [-0.39, 0.29) is 29.9 Å². The highest BCUT2D eigenvalue weighted by atomic mass is 35.5. The van der Waals surface area contributed by atoms with Crippen molar-refractivity contribution in [3.8, 4) is 6.19 Å². The Labute approximate surface area is 151 Å². The Morgan fingerprint density at radius 3 is 2.88 bits per heavy atom. The van der Waals surface area contributed by atoms with E-state index in [2.05, 4.69) is 11.5 Å². The van der Waals surface area contributed by atoms with Crippen LogP contribution in [-0.2, 0) is 9.59 Å². The molecule has 0 radical (unpaired) electrons. The molecule has 1 N–H and O–H groups in total. The Morgan fingerprint density at radius 1 is 1.32 bits per heavy atom. The van der Waals surface area contributed by atoms with Crippen molar-refractivity contribution in [2.45, 2.75) is 43.8 Å². The molecule has 1 aromatic carbocycles. The van der Waals surface area contributed by atoms with E-state index in [1.54, 1.807) is 28.0 Å². The molecule has 0 spiro atoms. The second kappa shape index (κ2) is 6.23. The minimum absolute atomic E-state index is 0.0288. The summed E-state index contributed by atoms with van der Waals surface area (Å²) in [4.78, 5) is 28.7. The lowest BCUT2D eigenvalue weighted by atomic mass is 9.94. The number of rotatable bonds is 3. The number of fused-ring (bicyclic) bond motifs is 2.